The third kappa shape index (κ3) is 2.83. The lowest BCUT2D eigenvalue weighted by atomic mass is 9.80. The van der Waals surface area contributed by atoms with E-state index in [0.29, 0.717) is 5.92 Å². The first-order valence-electron chi connectivity index (χ1n) is 6.62. The molecule has 1 aromatic carbocycles. The Labute approximate surface area is 109 Å². The lowest BCUT2D eigenvalue weighted by Crippen LogP contribution is -2.24. The van der Waals surface area contributed by atoms with E-state index in [9.17, 15) is 0 Å². The SMILES string of the molecule is Cc1cc(C(N)C2CCCCC2)c(C)cc1Cl. The van der Waals surface area contributed by atoms with E-state index in [1.54, 1.807) is 0 Å². The lowest BCUT2D eigenvalue weighted by molar-refractivity contribution is 0.307. The summed E-state index contributed by atoms with van der Waals surface area (Å²) in [6.45, 7) is 4.17. The number of rotatable bonds is 2. The molecule has 1 aliphatic carbocycles. The van der Waals surface area contributed by atoms with Gasteiger partial charge in [-0.05, 0) is 55.4 Å². The van der Waals surface area contributed by atoms with Crippen LogP contribution in [0.4, 0.5) is 0 Å². The molecule has 1 fully saturated rings. The minimum atomic E-state index is 0.186. The van der Waals surface area contributed by atoms with Crippen molar-refractivity contribution in [1.29, 1.82) is 0 Å². The summed E-state index contributed by atoms with van der Waals surface area (Å²) >= 11 is 6.14. The predicted octanol–water partition coefficient (Wildman–Crippen LogP) is 4.54. The van der Waals surface area contributed by atoms with Crippen molar-refractivity contribution >= 4 is 11.6 Å². The van der Waals surface area contributed by atoms with E-state index >= 15 is 0 Å². The van der Waals surface area contributed by atoms with E-state index in [0.717, 1.165) is 10.6 Å². The molecular formula is C15H22ClN. The Morgan fingerprint density at radius 1 is 1.12 bits per heavy atom. The van der Waals surface area contributed by atoms with Gasteiger partial charge >= 0.3 is 0 Å². The minimum absolute atomic E-state index is 0.186. The summed E-state index contributed by atoms with van der Waals surface area (Å²) in [5, 5.41) is 0.849. The third-order valence-electron chi connectivity index (χ3n) is 4.06. The second-order valence-electron chi connectivity index (χ2n) is 5.38. The Morgan fingerprint density at radius 3 is 2.41 bits per heavy atom. The Balaban J connectivity index is 2.23. The molecule has 0 saturated heterocycles. The zero-order valence-electron chi connectivity index (χ0n) is 10.8. The zero-order valence-corrected chi connectivity index (χ0v) is 11.6. The molecule has 2 N–H and O–H groups in total. The van der Waals surface area contributed by atoms with Crippen LogP contribution in [0.5, 0.6) is 0 Å². The van der Waals surface area contributed by atoms with Crippen molar-refractivity contribution in [2.24, 2.45) is 11.7 Å². The van der Waals surface area contributed by atoms with E-state index in [-0.39, 0.29) is 6.04 Å². The first kappa shape index (κ1) is 12.9. The molecule has 0 aromatic heterocycles. The molecule has 0 bridgehead atoms. The molecule has 2 heteroatoms. The molecule has 1 unspecified atom stereocenters. The van der Waals surface area contributed by atoms with Gasteiger partial charge in [-0.3, -0.25) is 0 Å². The first-order chi connectivity index (χ1) is 8.09. The standard InChI is InChI=1S/C15H22ClN/c1-10-9-14(16)11(2)8-13(10)15(17)12-6-4-3-5-7-12/h8-9,12,15H,3-7,17H2,1-2H3. The minimum Gasteiger partial charge on any atom is -0.324 e. The molecule has 1 aliphatic rings. The average Bonchev–Trinajstić information content (AvgIpc) is 2.34. The molecule has 1 saturated carbocycles. The highest BCUT2D eigenvalue weighted by Crippen LogP contribution is 2.35. The molecule has 2 rings (SSSR count). The molecule has 0 spiro atoms. The summed E-state index contributed by atoms with van der Waals surface area (Å²) in [7, 11) is 0. The number of aryl methyl sites for hydroxylation is 2. The molecule has 1 nitrogen and oxygen atoms in total. The van der Waals surface area contributed by atoms with Crippen molar-refractivity contribution in [1.82, 2.24) is 0 Å². The molecule has 0 aliphatic heterocycles. The second-order valence-corrected chi connectivity index (χ2v) is 5.79. The maximum Gasteiger partial charge on any atom is 0.0438 e. The van der Waals surface area contributed by atoms with Gasteiger partial charge in [0.2, 0.25) is 0 Å². The summed E-state index contributed by atoms with van der Waals surface area (Å²) in [5.74, 6) is 0.656. The van der Waals surface area contributed by atoms with Crippen LogP contribution in [-0.4, -0.2) is 0 Å². The summed E-state index contributed by atoms with van der Waals surface area (Å²) in [5.41, 5.74) is 10.1. The Hall–Kier alpha value is -0.530. The van der Waals surface area contributed by atoms with Gasteiger partial charge in [0, 0.05) is 11.1 Å². The number of halogens is 1. The molecule has 0 amide bonds. The van der Waals surface area contributed by atoms with Gasteiger partial charge in [-0.15, -0.1) is 0 Å². The highest BCUT2D eigenvalue weighted by atomic mass is 35.5. The first-order valence-corrected chi connectivity index (χ1v) is 6.99. The summed E-state index contributed by atoms with van der Waals surface area (Å²) in [6, 6.07) is 4.41. The number of hydrogen-bond acceptors (Lipinski definition) is 1. The average molecular weight is 252 g/mol. The zero-order chi connectivity index (χ0) is 12.4. The highest BCUT2D eigenvalue weighted by Gasteiger charge is 2.23. The fourth-order valence-corrected chi connectivity index (χ4v) is 3.13. The van der Waals surface area contributed by atoms with Crippen molar-refractivity contribution in [3.8, 4) is 0 Å². The third-order valence-corrected chi connectivity index (χ3v) is 4.47. The van der Waals surface area contributed by atoms with E-state index in [2.05, 4.69) is 26.0 Å². The molecular weight excluding hydrogens is 230 g/mol. The van der Waals surface area contributed by atoms with E-state index in [1.807, 2.05) is 0 Å². The Morgan fingerprint density at radius 2 is 1.76 bits per heavy atom. The molecule has 17 heavy (non-hydrogen) atoms. The quantitative estimate of drug-likeness (QED) is 0.821. The molecule has 1 aromatic rings. The van der Waals surface area contributed by atoms with Crippen LogP contribution in [0.25, 0.3) is 0 Å². The highest BCUT2D eigenvalue weighted by molar-refractivity contribution is 6.31. The predicted molar refractivity (Wildman–Crippen MR) is 74.4 cm³/mol. The van der Waals surface area contributed by atoms with Gasteiger partial charge in [0.05, 0.1) is 0 Å². The number of benzene rings is 1. The number of nitrogens with two attached hydrogens (primary N) is 1. The monoisotopic (exact) mass is 251 g/mol. The fraction of sp³-hybridized carbons (Fsp3) is 0.600. The van der Waals surface area contributed by atoms with Crippen LogP contribution in [0.3, 0.4) is 0 Å². The maximum atomic E-state index is 6.45. The Kier molecular flexibility index (Phi) is 4.11. The fourth-order valence-electron chi connectivity index (χ4n) is 2.91. The van der Waals surface area contributed by atoms with Crippen LogP contribution >= 0.6 is 11.6 Å². The molecule has 1 atom stereocenters. The molecule has 0 radical (unpaired) electrons. The smallest absolute Gasteiger partial charge is 0.0438 e. The van der Waals surface area contributed by atoms with Gasteiger partial charge in [-0.25, -0.2) is 0 Å². The van der Waals surface area contributed by atoms with E-state index in [4.69, 9.17) is 17.3 Å². The van der Waals surface area contributed by atoms with Gasteiger partial charge in [0.15, 0.2) is 0 Å². The van der Waals surface area contributed by atoms with Gasteiger partial charge in [-0.2, -0.15) is 0 Å². The van der Waals surface area contributed by atoms with Gasteiger partial charge in [0.1, 0.15) is 0 Å². The summed E-state index contributed by atoms with van der Waals surface area (Å²) < 4.78 is 0. The van der Waals surface area contributed by atoms with Gasteiger partial charge in [0.25, 0.3) is 0 Å². The topological polar surface area (TPSA) is 26.0 Å². The van der Waals surface area contributed by atoms with Crippen LogP contribution in [0, 0.1) is 19.8 Å². The van der Waals surface area contributed by atoms with Crippen LogP contribution in [0.15, 0.2) is 12.1 Å². The largest absolute Gasteiger partial charge is 0.324 e. The lowest BCUT2D eigenvalue weighted by Gasteiger charge is -2.29. The van der Waals surface area contributed by atoms with Crippen molar-refractivity contribution in [2.45, 2.75) is 52.0 Å². The molecule has 94 valence electrons. The second kappa shape index (κ2) is 5.41. The van der Waals surface area contributed by atoms with Crippen LogP contribution in [-0.2, 0) is 0 Å². The van der Waals surface area contributed by atoms with Crippen molar-refractivity contribution in [3.63, 3.8) is 0 Å². The summed E-state index contributed by atoms with van der Waals surface area (Å²) in [4.78, 5) is 0. The number of hydrogen-bond donors (Lipinski definition) is 1. The van der Waals surface area contributed by atoms with Crippen molar-refractivity contribution in [3.05, 3.63) is 33.8 Å². The summed E-state index contributed by atoms with van der Waals surface area (Å²) in [6.07, 6.45) is 6.61. The van der Waals surface area contributed by atoms with Gasteiger partial charge < -0.3 is 5.73 Å². The van der Waals surface area contributed by atoms with E-state index in [1.165, 1.54) is 43.2 Å². The normalized spacial score (nSPS) is 19.3. The van der Waals surface area contributed by atoms with Crippen molar-refractivity contribution in [2.75, 3.05) is 0 Å². The molecule has 0 heterocycles. The van der Waals surface area contributed by atoms with E-state index < -0.39 is 0 Å². The van der Waals surface area contributed by atoms with Crippen molar-refractivity contribution < 1.29 is 0 Å². The van der Waals surface area contributed by atoms with Crippen LogP contribution < -0.4 is 5.73 Å². The van der Waals surface area contributed by atoms with Gasteiger partial charge in [-0.1, -0.05) is 36.9 Å². The van der Waals surface area contributed by atoms with Crippen LogP contribution in [0.2, 0.25) is 5.02 Å². The van der Waals surface area contributed by atoms with Crippen LogP contribution in [0.1, 0.15) is 54.8 Å². The Bertz CT molecular complexity index is 394. The maximum absolute atomic E-state index is 6.45.